The van der Waals surface area contributed by atoms with Crippen LogP contribution in [0.4, 0.5) is 18.0 Å². The third-order valence-corrected chi connectivity index (χ3v) is 6.31. The number of nitrogens with zero attached hydrogens (tertiary/aromatic N) is 4. The van der Waals surface area contributed by atoms with Crippen LogP contribution in [0.5, 0.6) is 0 Å². The second kappa shape index (κ2) is 11.6. The molecule has 1 saturated carbocycles. The van der Waals surface area contributed by atoms with Crippen LogP contribution in [0.1, 0.15) is 50.6 Å². The number of piperidine rings is 1. The summed E-state index contributed by atoms with van der Waals surface area (Å²) in [6, 6.07) is 5.91. The number of likely N-dealkylation sites (tertiary alicyclic amines) is 1. The van der Waals surface area contributed by atoms with Crippen molar-refractivity contribution in [1.29, 1.82) is 0 Å². The molecule has 10 nitrogen and oxygen atoms in total. The molecule has 1 saturated heterocycles. The summed E-state index contributed by atoms with van der Waals surface area (Å²) in [5, 5.41) is 14.4. The van der Waals surface area contributed by atoms with E-state index in [0.29, 0.717) is 37.8 Å². The summed E-state index contributed by atoms with van der Waals surface area (Å²) < 4.78 is 31.7. The number of hydrogen-bond donors (Lipinski definition) is 2. The van der Waals surface area contributed by atoms with Crippen LogP contribution in [-0.4, -0.2) is 81.5 Å². The molecule has 3 heterocycles. The Morgan fingerprint density at radius 2 is 1.94 bits per heavy atom. The zero-order chi connectivity index (χ0) is 26.3. The van der Waals surface area contributed by atoms with Gasteiger partial charge in [-0.15, -0.1) is 0 Å². The molecule has 1 spiro atoms. The van der Waals surface area contributed by atoms with Crippen molar-refractivity contribution in [3.8, 4) is 0 Å². The summed E-state index contributed by atoms with van der Waals surface area (Å²) in [6.45, 7) is 1.60. The Bertz CT molecular complexity index is 969. The van der Waals surface area contributed by atoms with Crippen LogP contribution in [0.25, 0.3) is 0 Å². The van der Waals surface area contributed by atoms with Crippen LogP contribution < -0.4 is 5.32 Å². The Kier molecular flexibility index (Phi) is 8.75. The molecule has 0 aromatic carbocycles. The average Bonchev–Trinajstić information content (AvgIpc) is 3.49. The minimum absolute atomic E-state index is 0.0216. The van der Waals surface area contributed by atoms with Gasteiger partial charge in [-0.3, -0.25) is 9.78 Å². The molecule has 198 valence electrons. The first-order valence-corrected chi connectivity index (χ1v) is 11.7. The third kappa shape index (κ3) is 7.31. The van der Waals surface area contributed by atoms with Crippen LogP contribution in [-0.2, 0) is 21.0 Å². The van der Waals surface area contributed by atoms with Crippen molar-refractivity contribution in [3.05, 3.63) is 30.1 Å². The summed E-state index contributed by atoms with van der Waals surface area (Å²) >= 11 is 0. The zero-order valence-corrected chi connectivity index (χ0v) is 20.0. The summed E-state index contributed by atoms with van der Waals surface area (Å²) in [5.41, 5.74) is 0.661. The van der Waals surface area contributed by atoms with Gasteiger partial charge in [-0.05, 0) is 37.8 Å². The van der Waals surface area contributed by atoms with E-state index in [0.717, 1.165) is 31.4 Å². The highest BCUT2D eigenvalue weighted by Crippen LogP contribution is 2.34. The number of alkyl halides is 3. The van der Waals surface area contributed by atoms with E-state index < -0.39 is 17.7 Å². The van der Waals surface area contributed by atoms with E-state index in [9.17, 15) is 22.8 Å². The number of amides is 3. The fourth-order valence-electron chi connectivity index (χ4n) is 4.49. The first kappa shape index (κ1) is 27.2. The normalized spacial score (nSPS) is 21.8. The van der Waals surface area contributed by atoms with Gasteiger partial charge in [0.2, 0.25) is 0 Å². The number of carbonyl (C=O) groups excluding carboxylic acids is 2. The lowest BCUT2D eigenvalue weighted by Gasteiger charge is -2.38. The highest BCUT2D eigenvalue weighted by molar-refractivity contribution is 6.39. The number of hydrogen-bond acceptors (Lipinski definition) is 6. The predicted octanol–water partition coefficient (Wildman–Crippen LogP) is 2.94. The van der Waals surface area contributed by atoms with E-state index in [4.69, 9.17) is 14.7 Å². The summed E-state index contributed by atoms with van der Waals surface area (Å²) in [6.07, 6.45) is 3.20. The molecule has 2 aliphatic heterocycles. The molecule has 3 aliphatic rings. The molecule has 2 N–H and O–H groups in total. The maximum absolute atomic E-state index is 12.8. The van der Waals surface area contributed by atoms with Crippen molar-refractivity contribution in [2.24, 2.45) is 5.16 Å². The van der Waals surface area contributed by atoms with Gasteiger partial charge in [0.15, 0.2) is 5.60 Å². The van der Waals surface area contributed by atoms with Gasteiger partial charge in [-0.1, -0.05) is 24.1 Å². The van der Waals surface area contributed by atoms with Crippen LogP contribution in [0.3, 0.4) is 0 Å². The van der Waals surface area contributed by atoms with E-state index in [2.05, 4.69) is 15.5 Å². The minimum Gasteiger partial charge on any atom is -0.475 e. The zero-order valence-electron chi connectivity index (χ0n) is 20.0. The lowest BCUT2D eigenvalue weighted by Crippen LogP contribution is -2.54. The maximum Gasteiger partial charge on any atom is 0.490 e. The monoisotopic (exact) mass is 513 g/mol. The van der Waals surface area contributed by atoms with Crippen molar-refractivity contribution >= 4 is 23.6 Å². The van der Waals surface area contributed by atoms with Crippen molar-refractivity contribution in [3.63, 3.8) is 0 Å². The highest BCUT2D eigenvalue weighted by atomic mass is 19.4. The Balaban J connectivity index is 0.000000454. The van der Waals surface area contributed by atoms with Gasteiger partial charge in [-0.2, -0.15) is 13.2 Å². The molecule has 0 bridgehead atoms. The number of oxime groups is 1. The summed E-state index contributed by atoms with van der Waals surface area (Å²) in [5.74, 6) is -2.91. The Morgan fingerprint density at radius 1 is 1.25 bits per heavy atom. The van der Waals surface area contributed by atoms with Gasteiger partial charge < -0.3 is 25.1 Å². The number of pyridine rings is 1. The SMILES string of the molecule is CN(Cc1ccccn1)C(=O)C1=NOC2(CCCN(C(=O)NC3CCCC3)C2)C1.O=C(O)C(F)(F)F. The maximum atomic E-state index is 12.8. The molecule has 3 amide bonds. The largest absolute Gasteiger partial charge is 0.490 e. The number of aromatic nitrogens is 1. The number of carboxylic acid groups (broad SMARTS) is 1. The van der Waals surface area contributed by atoms with Crippen molar-refractivity contribution in [1.82, 2.24) is 20.1 Å². The molecule has 13 heteroatoms. The van der Waals surface area contributed by atoms with Crippen molar-refractivity contribution in [2.75, 3.05) is 20.1 Å². The quantitative estimate of drug-likeness (QED) is 0.638. The number of carboxylic acids is 1. The minimum atomic E-state index is -5.08. The molecule has 1 aliphatic carbocycles. The second-order valence-corrected chi connectivity index (χ2v) is 9.23. The van der Waals surface area contributed by atoms with E-state index in [-0.39, 0.29) is 11.9 Å². The van der Waals surface area contributed by atoms with Gasteiger partial charge >= 0.3 is 18.2 Å². The molecule has 1 aromatic heterocycles. The lowest BCUT2D eigenvalue weighted by atomic mass is 9.88. The molecule has 2 fully saturated rings. The molecular formula is C23H30F3N5O5. The van der Waals surface area contributed by atoms with Gasteiger partial charge in [0.05, 0.1) is 18.8 Å². The van der Waals surface area contributed by atoms with Crippen molar-refractivity contribution in [2.45, 2.75) is 69.3 Å². The molecule has 1 unspecified atom stereocenters. The van der Waals surface area contributed by atoms with Crippen LogP contribution in [0.2, 0.25) is 0 Å². The summed E-state index contributed by atoms with van der Waals surface area (Å²) in [7, 11) is 1.74. The van der Waals surface area contributed by atoms with Crippen LogP contribution >= 0.6 is 0 Å². The van der Waals surface area contributed by atoms with Gasteiger partial charge in [0.25, 0.3) is 5.91 Å². The highest BCUT2D eigenvalue weighted by Gasteiger charge is 2.46. The van der Waals surface area contributed by atoms with E-state index >= 15 is 0 Å². The van der Waals surface area contributed by atoms with Gasteiger partial charge in [0.1, 0.15) is 5.71 Å². The number of rotatable bonds is 4. The smallest absolute Gasteiger partial charge is 0.475 e. The topological polar surface area (TPSA) is 124 Å². The average molecular weight is 514 g/mol. The number of halogens is 3. The molecule has 4 rings (SSSR count). The predicted molar refractivity (Wildman–Crippen MR) is 122 cm³/mol. The van der Waals surface area contributed by atoms with Gasteiger partial charge in [0, 0.05) is 32.3 Å². The number of urea groups is 1. The molecule has 36 heavy (non-hydrogen) atoms. The van der Waals surface area contributed by atoms with Crippen LogP contribution in [0, 0.1) is 0 Å². The second-order valence-electron chi connectivity index (χ2n) is 9.23. The van der Waals surface area contributed by atoms with E-state index in [1.165, 1.54) is 12.8 Å². The molecule has 0 radical (unpaired) electrons. The fourth-order valence-corrected chi connectivity index (χ4v) is 4.49. The lowest BCUT2D eigenvalue weighted by molar-refractivity contribution is -0.192. The molecular weight excluding hydrogens is 483 g/mol. The fraction of sp³-hybridized carbons (Fsp3) is 0.609. The number of nitrogens with one attached hydrogen (secondary N) is 1. The van der Waals surface area contributed by atoms with E-state index in [1.54, 1.807) is 18.1 Å². The van der Waals surface area contributed by atoms with E-state index in [1.807, 2.05) is 23.1 Å². The van der Waals surface area contributed by atoms with Crippen molar-refractivity contribution < 1.29 is 37.5 Å². The Labute approximate surface area is 206 Å². The van der Waals surface area contributed by atoms with Gasteiger partial charge in [-0.25, -0.2) is 9.59 Å². The summed E-state index contributed by atoms with van der Waals surface area (Å²) in [4.78, 5) is 47.8. The standard InChI is InChI=1S/C21H29N5O3.C2HF3O2/c1-25(14-17-9-4-5-11-22-17)19(27)18-13-21(29-24-18)10-6-12-26(15-21)20(28)23-16-7-2-3-8-16;3-2(4,5)1(6)7/h4-5,9,11,16H,2-3,6-8,10,12-15H2,1H3,(H,23,28);(H,6,7). The number of aliphatic carboxylic acids is 1. The first-order valence-electron chi connectivity index (χ1n) is 11.7. The first-order chi connectivity index (χ1) is 17.0. The Morgan fingerprint density at radius 3 is 2.56 bits per heavy atom. The van der Waals surface area contributed by atoms with Crippen LogP contribution in [0.15, 0.2) is 29.6 Å². The third-order valence-electron chi connectivity index (χ3n) is 6.31. The molecule has 1 aromatic rings. The Hall–Kier alpha value is -3.38. The number of carbonyl (C=O) groups is 3. The molecule has 1 atom stereocenters.